The van der Waals surface area contributed by atoms with Crippen LogP contribution in [0.3, 0.4) is 0 Å². The van der Waals surface area contributed by atoms with Crippen LogP contribution in [0.2, 0.25) is 0 Å². The van der Waals surface area contributed by atoms with Crippen molar-refractivity contribution < 1.29 is 9.53 Å². The molecule has 0 aliphatic heterocycles. The number of esters is 1. The smallest absolute Gasteiger partial charge is 0.311 e. The first kappa shape index (κ1) is 12.1. The number of hydrogen-bond acceptors (Lipinski definition) is 3. The van der Waals surface area contributed by atoms with Gasteiger partial charge < -0.3 is 4.74 Å². The van der Waals surface area contributed by atoms with Crippen molar-refractivity contribution in [2.45, 2.75) is 39.5 Å². The van der Waals surface area contributed by atoms with Crippen molar-refractivity contribution >= 4 is 11.7 Å². The van der Waals surface area contributed by atoms with E-state index in [0.717, 1.165) is 18.7 Å². The zero-order valence-corrected chi connectivity index (χ0v) is 8.80. The number of methoxy groups -OCH3 is 1. The van der Waals surface area contributed by atoms with Gasteiger partial charge in [-0.25, -0.2) is 0 Å². The largest absolute Gasteiger partial charge is 0.469 e. The molecule has 0 amide bonds. The molecule has 0 rings (SSSR count). The zero-order valence-electron chi connectivity index (χ0n) is 8.80. The van der Waals surface area contributed by atoms with E-state index >= 15 is 0 Å². The van der Waals surface area contributed by atoms with Gasteiger partial charge in [0.1, 0.15) is 0 Å². The molecule has 0 fully saturated rings. The minimum absolute atomic E-state index is 0.211. The van der Waals surface area contributed by atoms with Crippen LogP contribution in [-0.2, 0) is 9.53 Å². The van der Waals surface area contributed by atoms with E-state index in [2.05, 4.69) is 16.7 Å². The molecular weight excluding hydrogens is 166 g/mol. The molecule has 0 spiro atoms. The van der Waals surface area contributed by atoms with E-state index < -0.39 is 0 Å². The standard InChI is InChI=1S/C10H19NO2/c1-4-5-6-7-11-9(2)8-10(12)13-3/h4-8H2,1-3H3. The van der Waals surface area contributed by atoms with Gasteiger partial charge in [0.15, 0.2) is 0 Å². The average molecular weight is 185 g/mol. The van der Waals surface area contributed by atoms with Gasteiger partial charge in [-0.1, -0.05) is 19.8 Å². The van der Waals surface area contributed by atoms with Crippen molar-refractivity contribution in [3.05, 3.63) is 0 Å². The Morgan fingerprint density at radius 2 is 2.08 bits per heavy atom. The maximum Gasteiger partial charge on any atom is 0.311 e. The molecule has 0 aromatic rings. The molecular formula is C10H19NO2. The summed E-state index contributed by atoms with van der Waals surface area (Å²) in [5.74, 6) is -0.211. The minimum atomic E-state index is -0.211. The number of aliphatic imine (C=N–C) groups is 1. The predicted molar refractivity (Wildman–Crippen MR) is 54.1 cm³/mol. The number of rotatable bonds is 6. The molecule has 13 heavy (non-hydrogen) atoms. The highest BCUT2D eigenvalue weighted by atomic mass is 16.5. The van der Waals surface area contributed by atoms with Crippen LogP contribution in [0.5, 0.6) is 0 Å². The Hall–Kier alpha value is -0.860. The number of nitrogens with zero attached hydrogens (tertiary/aromatic N) is 1. The topological polar surface area (TPSA) is 38.7 Å². The first-order valence-electron chi connectivity index (χ1n) is 4.77. The lowest BCUT2D eigenvalue weighted by Gasteiger charge is -1.99. The van der Waals surface area contributed by atoms with Crippen LogP contribution in [0, 0.1) is 0 Å². The quantitative estimate of drug-likeness (QED) is 0.361. The molecule has 3 heteroatoms. The first-order valence-corrected chi connectivity index (χ1v) is 4.77. The molecule has 76 valence electrons. The van der Waals surface area contributed by atoms with Gasteiger partial charge in [0.05, 0.1) is 13.5 Å². The van der Waals surface area contributed by atoms with E-state index in [1.807, 2.05) is 6.92 Å². The van der Waals surface area contributed by atoms with Crippen molar-refractivity contribution in [1.82, 2.24) is 0 Å². The van der Waals surface area contributed by atoms with E-state index in [9.17, 15) is 4.79 Å². The Labute approximate surface area is 80.2 Å². The van der Waals surface area contributed by atoms with Crippen molar-refractivity contribution in [1.29, 1.82) is 0 Å². The summed E-state index contributed by atoms with van der Waals surface area (Å²) in [6.07, 6.45) is 3.83. The molecule has 0 aliphatic carbocycles. The fourth-order valence-electron chi connectivity index (χ4n) is 0.969. The lowest BCUT2D eigenvalue weighted by molar-refractivity contribution is -0.139. The summed E-state index contributed by atoms with van der Waals surface area (Å²) in [6, 6.07) is 0. The normalized spacial score (nSPS) is 11.5. The molecule has 3 nitrogen and oxygen atoms in total. The van der Waals surface area contributed by atoms with Gasteiger partial charge in [-0.3, -0.25) is 9.79 Å². The molecule has 0 heterocycles. The lowest BCUT2D eigenvalue weighted by atomic mass is 10.2. The maximum atomic E-state index is 10.8. The fourth-order valence-corrected chi connectivity index (χ4v) is 0.969. The molecule has 0 unspecified atom stereocenters. The number of ether oxygens (including phenoxy) is 1. The summed E-state index contributed by atoms with van der Waals surface area (Å²) in [7, 11) is 1.40. The third-order valence-corrected chi connectivity index (χ3v) is 1.77. The SMILES string of the molecule is CCCCCN=C(C)CC(=O)OC. The first-order chi connectivity index (χ1) is 6.20. The number of unbranched alkanes of at least 4 members (excludes halogenated alkanes) is 2. The van der Waals surface area contributed by atoms with E-state index in [0.29, 0.717) is 6.42 Å². The van der Waals surface area contributed by atoms with Crippen LogP contribution in [0.15, 0.2) is 4.99 Å². The van der Waals surface area contributed by atoms with Crippen LogP contribution in [0.4, 0.5) is 0 Å². The van der Waals surface area contributed by atoms with Crippen LogP contribution in [0.25, 0.3) is 0 Å². The Kier molecular flexibility index (Phi) is 7.26. The highest BCUT2D eigenvalue weighted by molar-refractivity contribution is 5.97. The lowest BCUT2D eigenvalue weighted by Crippen LogP contribution is -2.06. The van der Waals surface area contributed by atoms with E-state index in [-0.39, 0.29) is 5.97 Å². The van der Waals surface area contributed by atoms with Gasteiger partial charge >= 0.3 is 5.97 Å². The summed E-state index contributed by atoms with van der Waals surface area (Å²) >= 11 is 0. The number of carbonyl (C=O) groups is 1. The van der Waals surface area contributed by atoms with E-state index in [4.69, 9.17) is 0 Å². The average Bonchev–Trinajstić information content (AvgIpc) is 2.12. The van der Waals surface area contributed by atoms with Crippen molar-refractivity contribution in [3.8, 4) is 0 Å². The van der Waals surface area contributed by atoms with Crippen molar-refractivity contribution in [2.75, 3.05) is 13.7 Å². The maximum absolute atomic E-state index is 10.8. The van der Waals surface area contributed by atoms with Gasteiger partial charge in [0, 0.05) is 12.3 Å². The van der Waals surface area contributed by atoms with Gasteiger partial charge in [0.25, 0.3) is 0 Å². The minimum Gasteiger partial charge on any atom is -0.469 e. The zero-order chi connectivity index (χ0) is 10.1. The van der Waals surface area contributed by atoms with Crippen LogP contribution < -0.4 is 0 Å². The molecule has 0 saturated heterocycles. The molecule has 0 aromatic carbocycles. The second-order valence-electron chi connectivity index (χ2n) is 3.08. The van der Waals surface area contributed by atoms with Gasteiger partial charge in [-0.05, 0) is 13.3 Å². The fraction of sp³-hybridized carbons (Fsp3) is 0.800. The van der Waals surface area contributed by atoms with Crippen molar-refractivity contribution in [2.24, 2.45) is 4.99 Å². The van der Waals surface area contributed by atoms with Gasteiger partial charge in [0.2, 0.25) is 0 Å². The Morgan fingerprint density at radius 1 is 1.38 bits per heavy atom. The summed E-state index contributed by atoms with van der Waals surface area (Å²) in [4.78, 5) is 15.1. The Balaban J connectivity index is 3.56. The molecule has 0 atom stereocenters. The Bertz CT molecular complexity index is 176. The Morgan fingerprint density at radius 3 is 2.62 bits per heavy atom. The molecule has 0 saturated carbocycles. The third-order valence-electron chi connectivity index (χ3n) is 1.77. The van der Waals surface area contributed by atoms with Crippen LogP contribution in [0.1, 0.15) is 39.5 Å². The highest BCUT2D eigenvalue weighted by Gasteiger charge is 2.01. The highest BCUT2D eigenvalue weighted by Crippen LogP contribution is 1.96. The van der Waals surface area contributed by atoms with E-state index in [1.54, 1.807) is 0 Å². The number of carbonyl (C=O) groups excluding carboxylic acids is 1. The summed E-state index contributed by atoms with van der Waals surface area (Å²) in [5.41, 5.74) is 0.864. The van der Waals surface area contributed by atoms with Crippen LogP contribution >= 0.6 is 0 Å². The molecule has 0 aliphatic rings. The van der Waals surface area contributed by atoms with Crippen LogP contribution in [-0.4, -0.2) is 25.3 Å². The molecule has 0 N–H and O–H groups in total. The summed E-state index contributed by atoms with van der Waals surface area (Å²) < 4.78 is 4.53. The molecule has 0 aromatic heterocycles. The monoisotopic (exact) mass is 185 g/mol. The van der Waals surface area contributed by atoms with E-state index in [1.165, 1.54) is 20.0 Å². The third kappa shape index (κ3) is 7.50. The molecule has 0 bridgehead atoms. The second-order valence-corrected chi connectivity index (χ2v) is 3.08. The van der Waals surface area contributed by atoms with Crippen molar-refractivity contribution in [3.63, 3.8) is 0 Å². The summed E-state index contributed by atoms with van der Waals surface area (Å²) in [5, 5.41) is 0. The van der Waals surface area contributed by atoms with Gasteiger partial charge in [-0.2, -0.15) is 0 Å². The second kappa shape index (κ2) is 7.77. The number of hydrogen-bond donors (Lipinski definition) is 0. The predicted octanol–water partition coefficient (Wildman–Crippen LogP) is 2.20. The van der Waals surface area contributed by atoms with Gasteiger partial charge in [-0.15, -0.1) is 0 Å². The summed E-state index contributed by atoms with van der Waals surface area (Å²) in [6.45, 7) is 4.85. The molecule has 0 radical (unpaired) electrons.